The molecule has 1 heterocycles. The quantitative estimate of drug-likeness (QED) is 0.200. The minimum absolute atomic E-state index is 0.141. The maximum atomic E-state index is 13.4. The molecule has 0 atom stereocenters. The maximum Gasteiger partial charge on any atom is 0.270 e. The van der Waals surface area contributed by atoms with Crippen LogP contribution in [0.4, 0.5) is 11.4 Å². The fourth-order valence-corrected chi connectivity index (χ4v) is 5.80. The van der Waals surface area contributed by atoms with Gasteiger partial charge in [-0.2, -0.15) is 0 Å². The van der Waals surface area contributed by atoms with E-state index in [1.807, 2.05) is 62.4 Å². The number of thioether (sulfide) groups is 1. The van der Waals surface area contributed by atoms with Gasteiger partial charge in [-0.3, -0.25) is 9.69 Å². The van der Waals surface area contributed by atoms with Crippen LogP contribution in [0.5, 0.6) is 5.75 Å². The molecule has 4 rings (SSSR count). The van der Waals surface area contributed by atoms with Crippen molar-refractivity contribution in [3.8, 4) is 5.75 Å². The van der Waals surface area contributed by atoms with E-state index in [1.165, 1.54) is 17.3 Å². The van der Waals surface area contributed by atoms with E-state index in [1.54, 1.807) is 17.0 Å². The van der Waals surface area contributed by atoms with Crippen LogP contribution in [0.15, 0.2) is 59.5 Å². The molecule has 3 aromatic carbocycles. The molecule has 1 fully saturated rings. The monoisotopic (exact) mass is 570 g/mol. The average molecular weight is 572 g/mol. The lowest BCUT2D eigenvalue weighted by Crippen LogP contribution is -2.27. The van der Waals surface area contributed by atoms with Gasteiger partial charge in [0.25, 0.3) is 5.91 Å². The first-order chi connectivity index (χ1) is 17.7. The minimum Gasteiger partial charge on any atom is -0.488 e. The van der Waals surface area contributed by atoms with Crippen molar-refractivity contribution in [2.45, 2.75) is 34.3 Å². The highest BCUT2D eigenvalue weighted by molar-refractivity contribution is 8.27. The second-order valence-electron chi connectivity index (χ2n) is 8.70. The first-order valence-corrected chi connectivity index (χ1v) is 14.0. The molecular weight excluding hydrogens is 543 g/mol. The number of amides is 1. The molecular formula is C29H28Cl2N2O2S2. The molecule has 0 N–H and O–H groups in total. The summed E-state index contributed by atoms with van der Waals surface area (Å²) in [6, 6.07) is 17.3. The van der Waals surface area contributed by atoms with Crippen LogP contribution in [-0.2, 0) is 11.4 Å². The molecule has 0 bridgehead atoms. The highest BCUT2D eigenvalue weighted by Crippen LogP contribution is 2.38. The van der Waals surface area contributed by atoms with Gasteiger partial charge in [0.15, 0.2) is 4.32 Å². The largest absolute Gasteiger partial charge is 0.488 e. The van der Waals surface area contributed by atoms with E-state index in [2.05, 4.69) is 18.7 Å². The van der Waals surface area contributed by atoms with E-state index in [-0.39, 0.29) is 12.5 Å². The van der Waals surface area contributed by atoms with Crippen molar-refractivity contribution in [2.75, 3.05) is 22.9 Å². The Morgan fingerprint density at radius 2 is 1.76 bits per heavy atom. The number of anilines is 2. The summed E-state index contributed by atoms with van der Waals surface area (Å²) in [7, 11) is 0. The molecule has 1 saturated heterocycles. The van der Waals surface area contributed by atoms with E-state index >= 15 is 0 Å². The zero-order valence-electron chi connectivity index (χ0n) is 21.2. The molecule has 1 aliphatic rings. The third kappa shape index (κ3) is 6.15. The van der Waals surface area contributed by atoms with Gasteiger partial charge in [-0.05, 0) is 81.3 Å². The zero-order valence-corrected chi connectivity index (χ0v) is 24.3. The van der Waals surface area contributed by atoms with E-state index in [0.717, 1.165) is 41.2 Å². The van der Waals surface area contributed by atoms with Gasteiger partial charge in [0.1, 0.15) is 12.4 Å². The van der Waals surface area contributed by atoms with Gasteiger partial charge in [-0.15, -0.1) is 0 Å². The fraction of sp³-hybridized carbons (Fsp3) is 0.241. The van der Waals surface area contributed by atoms with Crippen LogP contribution < -0.4 is 14.5 Å². The number of carbonyl (C=O) groups excluding carboxylic acids is 1. The Morgan fingerprint density at radius 3 is 2.43 bits per heavy atom. The van der Waals surface area contributed by atoms with Crippen LogP contribution in [0.2, 0.25) is 10.0 Å². The number of carbonyl (C=O) groups is 1. The van der Waals surface area contributed by atoms with Gasteiger partial charge in [-0.25, -0.2) is 0 Å². The fourth-order valence-electron chi connectivity index (χ4n) is 4.04. The normalized spacial score (nSPS) is 14.5. The summed E-state index contributed by atoms with van der Waals surface area (Å²) >= 11 is 19.3. The molecule has 37 heavy (non-hydrogen) atoms. The Labute approximate surface area is 238 Å². The number of ether oxygens (including phenoxy) is 1. The van der Waals surface area contributed by atoms with E-state index in [9.17, 15) is 4.79 Å². The van der Waals surface area contributed by atoms with Crippen molar-refractivity contribution >= 4 is 74.9 Å². The SMILES string of the molecule is CCN(CC)c1ccc(/C=C2/SC(=S)N(c3ccc(C)c(C)c3)C2=O)c(OCc2ccc(Cl)cc2Cl)c1. The van der Waals surface area contributed by atoms with Gasteiger partial charge in [0.2, 0.25) is 0 Å². The Hall–Kier alpha value is -2.51. The predicted molar refractivity (Wildman–Crippen MR) is 162 cm³/mol. The molecule has 4 nitrogen and oxygen atoms in total. The average Bonchev–Trinajstić information content (AvgIpc) is 3.14. The van der Waals surface area contributed by atoms with Gasteiger partial charge in [0.05, 0.1) is 10.6 Å². The smallest absolute Gasteiger partial charge is 0.270 e. The molecule has 1 aliphatic heterocycles. The molecule has 0 aromatic heterocycles. The number of rotatable bonds is 8. The lowest BCUT2D eigenvalue weighted by atomic mass is 10.1. The van der Waals surface area contributed by atoms with Crippen molar-refractivity contribution in [3.05, 3.63) is 91.8 Å². The molecule has 0 unspecified atom stereocenters. The summed E-state index contributed by atoms with van der Waals surface area (Å²) in [5, 5.41) is 1.12. The van der Waals surface area contributed by atoms with Gasteiger partial charge >= 0.3 is 0 Å². The second-order valence-corrected chi connectivity index (χ2v) is 11.2. The molecule has 1 amide bonds. The van der Waals surface area contributed by atoms with Crippen molar-refractivity contribution in [1.29, 1.82) is 0 Å². The van der Waals surface area contributed by atoms with Gasteiger partial charge in [-0.1, -0.05) is 59.3 Å². The maximum absolute atomic E-state index is 13.4. The van der Waals surface area contributed by atoms with Crippen molar-refractivity contribution in [3.63, 3.8) is 0 Å². The third-order valence-electron chi connectivity index (χ3n) is 6.35. The summed E-state index contributed by atoms with van der Waals surface area (Å²) in [4.78, 5) is 17.8. The second kappa shape index (κ2) is 11.9. The number of hydrogen-bond donors (Lipinski definition) is 0. The van der Waals surface area contributed by atoms with E-state index < -0.39 is 0 Å². The highest BCUT2D eigenvalue weighted by atomic mass is 35.5. The first-order valence-electron chi connectivity index (χ1n) is 12.0. The van der Waals surface area contributed by atoms with Gasteiger partial charge in [0, 0.05) is 46.0 Å². The van der Waals surface area contributed by atoms with Gasteiger partial charge < -0.3 is 9.64 Å². The number of hydrogen-bond acceptors (Lipinski definition) is 5. The van der Waals surface area contributed by atoms with Crippen LogP contribution in [0.3, 0.4) is 0 Å². The summed E-state index contributed by atoms with van der Waals surface area (Å²) in [6.07, 6.45) is 1.85. The first kappa shape index (κ1) is 27.5. The number of benzene rings is 3. The van der Waals surface area contributed by atoms with Crippen LogP contribution >= 0.6 is 47.2 Å². The number of nitrogens with zero attached hydrogens (tertiary/aromatic N) is 2. The molecule has 0 radical (unpaired) electrons. The molecule has 192 valence electrons. The van der Waals surface area contributed by atoms with Crippen LogP contribution in [0.25, 0.3) is 6.08 Å². The molecule has 3 aromatic rings. The predicted octanol–water partition coefficient (Wildman–Crippen LogP) is 8.44. The van der Waals surface area contributed by atoms with Crippen molar-refractivity contribution in [1.82, 2.24) is 0 Å². The molecule has 0 saturated carbocycles. The summed E-state index contributed by atoms with van der Waals surface area (Å²) < 4.78 is 6.78. The topological polar surface area (TPSA) is 32.8 Å². The Balaban J connectivity index is 1.68. The molecule has 0 aliphatic carbocycles. The lowest BCUT2D eigenvalue weighted by molar-refractivity contribution is -0.113. The number of halogens is 2. The molecule has 8 heteroatoms. The summed E-state index contributed by atoms with van der Waals surface area (Å²) in [6.45, 7) is 10.3. The van der Waals surface area contributed by atoms with Crippen LogP contribution in [0.1, 0.15) is 36.1 Å². The Morgan fingerprint density at radius 1 is 1.00 bits per heavy atom. The number of aryl methyl sites for hydroxylation is 2. The van der Waals surface area contributed by atoms with E-state index in [0.29, 0.717) is 25.0 Å². The van der Waals surface area contributed by atoms with Crippen LogP contribution in [-0.4, -0.2) is 23.3 Å². The zero-order chi connectivity index (χ0) is 26.7. The summed E-state index contributed by atoms with van der Waals surface area (Å²) in [5.74, 6) is 0.518. The van der Waals surface area contributed by atoms with Crippen molar-refractivity contribution < 1.29 is 9.53 Å². The standard InChI is InChI=1S/C29H28Cl2N2O2S2/c1-5-32(6-2)23-12-9-20(26(16-23)35-17-21-8-10-22(30)15-25(21)31)14-27-28(34)33(29(36)37-27)24-11-7-18(3)19(4)13-24/h7-16H,5-6,17H2,1-4H3/b27-14+. The third-order valence-corrected chi connectivity index (χ3v) is 8.24. The lowest BCUT2D eigenvalue weighted by Gasteiger charge is -2.22. The Bertz CT molecular complexity index is 1390. The minimum atomic E-state index is -0.141. The molecule has 0 spiro atoms. The van der Waals surface area contributed by atoms with Crippen molar-refractivity contribution in [2.24, 2.45) is 0 Å². The van der Waals surface area contributed by atoms with Crippen LogP contribution in [0, 0.1) is 13.8 Å². The summed E-state index contributed by atoms with van der Waals surface area (Å²) in [5.41, 5.74) is 5.72. The van der Waals surface area contributed by atoms with E-state index in [4.69, 9.17) is 40.2 Å². The highest BCUT2D eigenvalue weighted by Gasteiger charge is 2.33. The Kier molecular flexibility index (Phi) is 8.86. The number of thiocarbonyl (C=S) groups is 1.